The van der Waals surface area contributed by atoms with Crippen molar-refractivity contribution in [3.05, 3.63) is 59.7 Å². The van der Waals surface area contributed by atoms with Gasteiger partial charge in [0.25, 0.3) is 5.91 Å². The molecule has 0 heterocycles. The van der Waals surface area contributed by atoms with Gasteiger partial charge in [0.1, 0.15) is 0 Å². The number of carbonyl (C=O) groups is 2. The van der Waals surface area contributed by atoms with Crippen LogP contribution in [0.15, 0.2) is 53.4 Å². The van der Waals surface area contributed by atoms with E-state index in [1.807, 2.05) is 18.2 Å². The lowest BCUT2D eigenvalue weighted by molar-refractivity contribution is -0.116. The molecule has 0 bridgehead atoms. The van der Waals surface area contributed by atoms with Crippen LogP contribution in [0.2, 0.25) is 0 Å². The van der Waals surface area contributed by atoms with Crippen LogP contribution in [0.4, 0.5) is 5.69 Å². The second-order valence-corrected chi connectivity index (χ2v) is 7.72. The van der Waals surface area contributed by atoms with E-state index in [2.05, 4.69) is 25.1 Å². The van der Waals surface area contributed by atoms with E-state index in [0.29, 0.717) is 22.1 Å². The quantitative estimate of drug-likeness (QED) is 0.623. The summed E-state index contributed by atoms with van der Waals surface area (Å²) in [5.74, 6) is 2.07. The molecule has 2 aromatic carbocycles. The Morgan fingerprint density at radius 2 is 1.92 bits per heavy atom. The number of likely N-dealkylation sites (N-methyl/N-ethyl adjacent to an activating group) is 1. The van der Waals surface area contributed by atoms with Crippen molar-refractivity contribution in [3.8, 4) is 12.3 Å². The number of anilines is 1. The molecule has 1 N–H and O–H groups in total. The van der Waals surface area contributed by atoms with Crippen molar-refractivity contribution in [2.75, 3.05) is 18.9 Å². The van der Waals surface area contributed by atoms with Crippen LogP contribution in [0.3, 0.4) is 0 Å². The van der Waals surface area contributed by atoms with E-state index in [1.54, 1.807) is 49.1 Å². The van der Waals surface area contributed by atoms with Crippen LogP contribution >= 0.6 is 11.8 Å². The molecule has 0 aromatic heterocycles. The summed E-state index contributed by atoms with van der Waals surface area (Å²) in [4.78, 5) is 27.3. The summed E-state index contributed by atoms with van der Waals surface area (Å²) >= 11 is 1.63. The predicted octanol–water partition coefficient (Wildman–Crippen LogP) is 3.88. The second-order valence-electron chi connectivity index (χ2n) is 6.10. The highest BCUT2D eigenvalue weighted by molar-refractivity contribution is 8.00. The fourth-order valence-electron chi connectivity index (χ4n) is 2.38. The first-order chi connectivity index (χ1) is 12.4. The minimum absolute atomic E-state index is 0.0419. The average Bonchev–Trinajstić information content (AvgIpc) is 2.61. The Morgan fingerprint density at radius 1 is 1.19 bits per heavy atom. The van der Waals surface area contributed by atoms with Gasteiger partial charge < -0.3 is 10.2 Å². The van der Waals surface area contributed by atoms with Gasteiger partial charge in [-0.3, -0.25) is 9.59 Å². The molecular weight excluding hydrogens is 344 g/mol. The van der Waals surface area contributed by atoms with Gasteiger partial charge >= 0.3 is 0 Å². The molecule has 0 spiro atoms. The van der Waals surface area contributed by atoms with Crippen molar-refractivity contribution in [1.29, 1.82) is 0 Å². The van der Waals surface area contributed by atoms with Crippen molar-refractivity contribution < 1.29 is 9.59 Å². The maximum Gasteiger partial charge on any atom is 0.255 e. The maximum atomic E-state index is 12.7. The molecule has 0 radical (unpaired) electrons. The van der Waals surface area contributed by atoms with E-state index in [-0.39, 0.29) is 18.4 Å². The van der Waals surface area contributed by atoms with Crippen LogP contribution in [0.5, 0.6) is 0 Å². The highest BCUT2D eigenvalue weighted by atomic mass is 32.2. The highest BCUT2D eigenvalue weighted by Gasteiger charge is 2.18. The summed E-state index contributed by atoms with van der Waals surface area (Å²) in [5.41, 5.74) is 1.91. The molecule has 0 atom stereocenters. The van der Waals surface area contributed by atoms with Crippen LogP contribution in [0.1, 0.15) is 29.8 Å². The highest BCUT2D eigenvalue weighted by Crippen LogP contribution is 2.27. The summed E-state index contributed by atoms with van der Waals surface area (Å²) in [6.45, 7) is 4.11. The normalized spacial score (nSPS) is 10.3. The first-order valence-corrected chi connectivity index (χ1v) is 9.16. The molecule has 0 aliphatic carbocycles. The van der Waals surface area contributed by atoms with Crippen molar-refractivity contribution in [3.63, 3.8) is 0 Å². The fourth-order valence-corrected chi connectivity index (χ4v) is 3.33. The van der Waals surface area contributed by atoms with E-state index in [9.17, 15) is 9.59 Å². The molecule has 2 rings (SSSR count). The lowest BCUT2D eigenvalue weighted by Crippen LogP contribution is -2.35. The number of hydrogen-bond donors (Lipinski definition) is 1. The monoisotopic (exact) mass is 366 g/mol. The van der Waals surface area contributed by atoms with E-state index in [0.717, 1.165) is 4.90 Å². The average molecular weight is 366 g/mol. The zero-order valence-electron chi connectivity index (χ0n) is 15.2. The van der Waals surface area contributed by atoms with Crippen molar-refractivity contribution in [1.82, 2.24) is 4.90 Å². The number of thioether (sulfide) groups is 1. The number of terminal acetylenes is 1. The van der Waals surface area contributed by atoms with E-state index >= 15 is 0 Å². The molecule has 2 aromatic rings. The van der Waals surface area contributed by atoms with Crippen LogP contribution in [0, 0.1) is 12.3 Å². The van der Waals surface area contributed by atoms with Crippen LogP contribution < -0.4 is 5.32 Å². The molecular formula is C21H22N2O2S. The third-order valence-electron chi connectivity index (χ3n) is 3.52. The van der Waals surface area contributed by atoms with Gasteiger partial charge in [0.2, 0.25) is 5.91 Å². The first kappa shape index (κ1) is 19.6. The lowest BCUT2D eigenvalue weighted by atomic mass is 10.2. The number of rotatable bonds is 6. The Balaban J connectivity index is 2.05. The first-order valence-electron chi connectivity index (χ1n) is 8.28. The third-order valence-corrected chi connectivity index (χ3v) is 4.60. The number of nitrogens with zero attached hydrogens (tertiary/aromatic N) is 1. The van der Waals surface area contributed by atoms with Gasteiger partial charge in [-0.25, -0.2) is 0 Å². The Bertz CT molecular complexity index is 840. The van der Waals surface area contributed by atoms with Gasteiger partial charge in [-0.15, -0.1) is 18.2 Å². The molecule has 2 amide bonds. The molecule has 0 aliphatic rings. The second kappa shape index (κ2) is 9.12. The van der Waals surface area contributed by atoms with Crippen LogP contribution in [-0.4, -0.2) is 35.6 Å². The Hall–Kier alpha value is -2.71. The zero-order valence-corrected chi connectivity index (χ0v) is 16.0. The number of amides is 2. The Labute approximate surface area is 159 Å². The molecule has 5 heteroatoms. The number of hydrogen-bond acceptors (Lipinski definition) is 3. The van der Waals surface area contributed by atoms with Crippen LogP contribution in [-0.2, 0) is 4.79 Å². The van der Waals surface area contributed by atoms with Gasteiger partial charge in [-0.1, -0.05) is 38.0 Å². The van der Waals surface area contributed by atoms with Gasteiger partial charge in [0.05, 0.1) is 12.1 Å². The smallest absolute Gasteiger partial charge is 0.255 e. The Kier molecular flexibility index (Phi) is 6.88. The topological polar surface area (TPSA) is 49.4 Å². The Morgan fingerprint density at radius 3 is 2.62 bits per heavy atom. The third kappa shape index (κ3) is 5.40. The minimum Gasteiger partial charge on any atom is -0.332 e. The molecule has 0 fully saturated rings. The molecule has 4 nitrogen and oxygen atoms in total. The largest absolute Gasteiger partial charge is 0.332 e. The van der Waals surface area contributed by atoms with Crippen molar-refractivity contribution in [2.45, 2.75) is 24.0 Å². The molecule has 0 saturated heterocycles. The number of nitrogens with one attached hydrogen (secondary N) is 1. The maximum absolute atomic E-state index is 12.7. The summed E-state index contributed by atoms with van der Waals surface area (Å²) in [6, 6.07) is 14.5. The molecule has 0 unspecified atom stereocenters. The summed E-state index contributed by atoms with van der Waals surface area (Å²) in [6.07, 6.45) is 5.37. The molecule has 134 valence electrons. The SMILES string of the molecule is C#Cc1cccc(NC(=O)CN(C)C(=O)c2ccccc2SC(C)C)c1. The zero-order chi connectivity index (χ0) is 19.1. The van der Waals surface area contributed by atoms with E-state index in [4.69, 9.17) is 6.42 Å². The molecule has 0 saturated carbocycles. The van der Waals surface area contributed by atoms with Crippen molar-refractivity contribution >= 4 is 29.3 Å². The molecule has 26 heavy (non-hydrogen) atoms. The summed E-state index contributed by atoms with van der Waals surface area (Å²) < 4.78 is 0. The lowest BCUT2D eigenvalue weighted by Gasteiger charge is -2.19. The van der Waals surface area contributed by atoms with Crippen LogP contribution in [0.25, 0.3) is 0 Å². The van der Waals surface area contributed by atoms with Gasteiger partial charge in [-0.05, 0) is 30.3 Å². The van der Waals surface area contributed by atoms with Gasteiger partial charge in [-0.2, -0.15) is 0 Å². The van der Waals surface area contributed by atoms with Gasteiger partial charge in [0, 0.05) is 28.4 Å². The van der Waals surface area contributed by atoms with Gasteiger partial charge in [0.15, 0.2) is 0 Å². The number of carbonyl (C=O) groups excluding carboxylic acids is 2. The summed E-state index contributed by atoms with van der Waals surface area (Å²) in [7, 11) is 1.62. The standard InChI is InChI=1S/C21H22N2O2S/c1-5-16-9-8-10-17(13-16)22-20(24)14-23(4)21(25)18-11-6-7-12-19(18)26-15(2)3/h1,6-13,15H,14H2,2-4H3,(H,22,24). The van der Waals surface area contributed by atoms with E-state index in [1.165, 1.54) is 4.90 Å². The summed E-state index contributed by atoms with van der Waals surface area (Å²) in [5, 5.41) is 3.13. The van der Waals surface area contributed by atoms with Crippen molar-refractivity contribution in [2.24, 2.45) is 0 Å². The minimum atomic E-state index is -0.274. The van der Waals surface area contributed by atoms with E-state index < -0.39 is 0 Å². The molecule has 0 aliphatic heterocycles. The number of benzene rings is 2. The predicted molar refractivity (Wildman–Crippen MR) is 107 cm³/mol. The fraction of sp³-hybridized carbons (Fsp3) is 0.238.